The van der Waals surface area contributed by atoms with E-state index in [1.807, 2.05) is 48.5 Å². The van der Waals surface area contributed by atoms with Gasteiger partial charge in [-0.3, -0.25) is 4.98 Å². The number of nitrogens with one attached hydrogen (secondary N) is 2. The summed E-state index contributed by atoms with van der Waals surface area (Å²) in [6.45, 7) is 2.12. The van der Waals surface area contributed by atoms with E-state index in [9.17, 15) is 9.90 Å². The van der Waals surface area contributed by atoms with Crippen molar-refractivity contribution in [1.82, 2.24) is 15.6 Å². The molecule has 0 spiro atoms. The number of aromatic nitrogens is 1. The molecule has 0 bridgehead atoms. The third-order valence-corrected chi connectivity index (χ3v) is 3.24. The van der Waals surface area contributed by atoms with Gasteiger partial charge in [0.15, 0.2) is 0 Å². The Morgan fingerprint density at radius 3 is 2.55 bits per heavy atom. The highest BCUT2D eigenvalue weighted by atomic mass is 16.3. The maximum Gasteiger partial charge on any atom is 0.315 e. The van der Waals surface area contributed by atoms with E-state index in [2.05, 4.69) is 15.6 Å². The topological polar surface area (TPSA) is 74.2 Å². The zero-order valence-corrected chi connectivity index (χ0v) is 12.6. The third kappa shape index (κ3) is 4.86. The van der Waals surface area contributed by atoms with Crippen molar-refractivity contribution < 1.29 is 9.90 Å². The first-order valence-corrected chi connectivity index (χ1v) is 7.35. The lowest BCUT2D eigenvalue weighted by Crippen LogP contribution is -2.39. The second-order valence-electron chi connectivity index (χ2n) is 5.14. The predicted octanol–water partition coefficient (Wildman–Crippen LogP) is 2.24. The molecule has 1 aromatic carbocycles. The molecule has 0 aliphatic rings. The van der Waals surface area contributed by atoms with E-state index in [-0.39, 0.29) is 12.1 Å². The number of aliphatic hydroxyl groups is 1. The van der Waals surface area contributed by atoms with Crippen LogP contribution in [-0.2, 0) is 0 Å². The normalized spacial score (nSPS) is 13.2. The van der Waals surface area contributed by atoms with Crippen molar-refractivity contribution in [3.8, 4) is 0 Å². The first kappa shape index (κ1) is 16.0. The monoisotopic (exact) mass is 299 g/mol. The summed E-state index contributed by atoms with van der Waals surface area (Å²) in [6.07, 6.45) is 1.80. The lowest BCUT2D eigenvalue weighted by atomic mass is 10.0. The molecule has 0 saturated heterocycles. The van der Waals surface area contributed by atoms with Gasteiger partial charge in [0, 0.05) is 12.7 Å². The Labute approximate surface area is 130 Å². The quantitative estimate of drug-likeness (QED) is 0.766. The summed E-state index contributed by atoms with van der Waals surface area (Å²) < 4.78 is 0. The van der Waals surface area contributed by atoms with Gasteiger partial charge in [0.2, 0.25) is 0 Å². The summed E-state index contributed by atoms with van der Waals surface area (Å²) in [5, 5.41) is 14.9. The van der Waals surface area contributed by atoms with Crippen LogP contribution < -0.4 is 10.6 Å². The Morgan fingerprint density at radius 1 is 1.18 bits per heavy atom. The number of pyridine rings is 1. The van der Waals surface area contributed by atoms with Crippen molar-refractivity contribution in [2.45, 2.75) is 25.5 Å². The number of hydrogen-bond donors (Lipinski definition) is 3. The molecular formula is C17H21N3O2. The number of amides is 2. The number of hydrogen-bond acceptors (Lipinski definition) is 3. The summed E-state index contributed by atoms with van der Waals surface area (Å²) >= 11 is 0. The molecule has 0 aliphatic heterocycles. The minimum atomic E-state index is -0.430. The molecule has 0 radical (unpaired) electrons. The molecule has 1 aromatic heterocycles. The zero-order valence-electron chi connectivity index (χ0n) is 12.6. The fourth-order valence-corrected chi connectivity index (χ4v) is 2.10. The average molecular weight is 299 g/mol. The van der Waals surface area contributed by atoms with Crippen molar-refractivity contribution in [2.24, 2.45) is 0 Å². The zero-order chi connectivity index (χ0) is 15.8. The molecule has 116 valence electrons. The largest absolute Gasteiger partial charge is 0.393 e. The van der Waals surface area contributed by atoms with E-state index in [4.69, 9.17) is 0 Å². The molecule has 5 heteroatoms. The first-order valence-electron chi connectivity index (χ1n) is 7.35. The summed E-state index contributed by atoms with van der Waals surface area (Å²) in [4.78, 5) is 16.4. The molecular weight excluding hydrogens is 278 g/mol. The Hall–Kier alpha value is -2.40. The van der Waals surface area contributed by atoms with Crippen molar-refractivity contribution in [2.75, 3.05) is 6.54 Å². The Kier molecular flexibility index (Phi) is 5.91. The standard InChI is InChI=1S/C17H21N3O2/c1-13(21)10-12-19-17(22)20-16(14-7-3-2-4-8-14)15-9-5-6-11-18-15/h2-9,11,13,16,21H,10,12H2,1H3,(H2,19,20,22). The second-order valence-corrected chi connectivity index (χ2v) is 5.14. The first-order chi connectivity index (χ1) is 10.7. The molecule has 2 atom stereocenters. The second kappa shape index (κ2) is 8.14. The Balaban J connectivity index is 2.08. The molecule has 0 aliphatic carbocycles. The average Bonchev–Trinajstić information content (AvgIpc) is 2.54. The van der Waals surface area contributed by atoms with Crippen LogP contribution in [0.4, 0.5) is 4.79 Å². The minimum absolute atomic E-state index is 0.278. The fourth-order valence-electron chi connectivity index (χ4n) is 2.10. The summed E-state index contributed by atoms with van der Waals surface area (Å²) in [6, 6.07) is 14.7. The summed E-state index contributed by atoms with van der Waals surface area (Å²) in [7, 11) is 0. The number of carbonyl (C=O) groups is 1. The maximum atomic E-state index is 12.0. The van der Waals surface area contributed by atoms with Gasteiger partial charge in [-0.05, 0) is 31.0 Å². The SMILES string of the molecule is CC(O)CCNC(=O)NC(c1ccccc1)c1ccccn1. The van der Waals surface area contributed by atoms with Crippen molar-refractivity contribution >= 4 is 6.03 Å². The van der Waals surface area contributed by atoms with Gasteiger partial charge >= 0.3 is 6.03 Å². The van der Waals surface area contributed by atoms with Crippen LogP contribution in [0.2, 0.25) is 0 Å². The van der Waals surface area contributed by atoms with Crippen molar-refractivity contribution in [1.29, 1.82) is 0 Å². The molecule has 0 saturated carbocycles. The predicted molar refractivity (Wildman–Crippen MR) is 85.4 cm³/mol. The molecule has 2 unspecified atom stereocenters. The number of nitrogens with zero attached hydrogens (tertiary/aromatic N) is 1. The molecule has 3 N–H and O–H groups in total. The fraction of sp³-hybridized carbons (Fsp3) is 0.294. The van der Waals surface area contributed by atoms with E-state index < -0.39 is 6.10 Å². The van der Waals surface area contributed by atoms with Gasteiger partial charge in [-0.25, -0.2) is 4.79 Å². The van der Waals surface area contributed by atoms with Gasteiger partial charge in [0.05, 0.1) is 17.8 Å². The van der Waals surface area contributed by atoms with Crippen LogP contribution in [0.25, 0.3) is 0 Å². The van der Waals surface area contributed by atoms with Crippen LogP contribution in [0.15, 0.2) is 54.7 Å². The molecule has 1 heterocycles. The molecule has 22 heavy (non-hydrogen) atoms. The molecule has 2 aromatic rings. The van der Waals surface area contributed by atoms with Gasteiger partial charge in [-0.2, -0.15) is 0 Å². The third-order valence-electron chi connectivity index (χ3n) is 3.24. The van der Waals surface area contributed by atoms with E-state index in [1.165, 1.54) is 0 Å². The van der Waals surface area contributed by atoms with E-state index >= 15 is 0 Å². The van der Waals surface area contributed by atoms with Crippen molar-refractivity contribution in [3.63, 3.8) is 0 Å². The highest BCUT2D eigenvalue weighted by Crippen LogP contribution is 2.19. The number of aliphatic hydroxyl groups excluding tert-OH is 1. The Bertz CT molecular complexity index is 533. The maximum absolute atomic E-state index is 12.0. The highest BCUT2D eigenvalue weighted by Gasteiger charge is 2.17. The van der Waals surface area contributed by atoms with Crippen LogP contribution in [0, 0.1) is 0 Å². The van der Waals surface area contributed by atoms with Gasteiger partial charge in [-0.1, -0.05) is 36.4 Å². The van der Waals surface area contributed by atoms with Gasteiger partial charge in [-0.15, -0.1) is 0 Å². The van der Waals surface area contributed by atoms with Crippen LogP contribution in [-0.4, -0.2) is 28.8 Å². The van der Waals surface area contributed by atoms with Gasteiger partial charge in [0.25, 0.3) is 0 Å². The van der Waals surface area contributed by atoms with Crippen LogP contribution in [0.3, 0.4) is 0 Å². The van der Waals surface area contributed by atoms with E-state index in [0.717, 1.165) is 11.3 Å². The Morgan fingerprint density at radius 2 is 1.91 bits per heavy atom. The molecule has 0 fully saturated rings. The number of benzene rings is 1. The number of rotatable bonds is 6. The molecule has 2 amide bonds. The van der Waals surface area contributed by atoms with Crippen LogP contribution >= 0.6 is 0 Å². The smallest absolute Gasteiger partial charge is 0.315 e. The van der Waals surface area contributed by atoms with E-state index in [0.29, 0.717) is 13.0 Å². The summed E-state index contributed by atoms with van der Waals surface area (Å²) in [5.41, 5.74) is 1.74. The lowest BCUT2D eigenvalue weighted by Gasteiger charge is -2.19. The molecule has 5 nitrogen and oxygen atoms in total. The van der Waals surface area contributed by atoms with E-state index in [1.54, 1.807) is 13.1 Å². The number of urea groups is 1. The lowest BCUT2D eigenvalue weighted by molar-refractivity contribution is 0.183. The van der Waals surface area contributed by atoms with Gasteiger partial charge < -0.3 is 15.7 Å². The summed E-state index contributed by atoms with van der Waals surface area (Å²) in [5.74, 6) is 0. The van der Waals surface area contributed by atoms with Crippen molar-refractivity contribution in [3.05, 3.63) is 66.0 Å². The highest BCUT2D eigenvalue weighted by molar-refractivity contribution is 5.74. The van der Waals surface area contributed by atoms with Crippen LogP contribution in [0.1, 0.15) is 30.6 Å². The van der Waals surface area contributed by atoms with Crippen LogP contribution in [0.5, 0.6) is 0 Å². The molecule has 2 rings (SSSR count). The number of carbonyl (C=O) groups excluding carboxylic acids is 1. The van der Waals surface area contributed by atoms with Gasteiger partial charge in [0.1, 0.15) is 0 Å². The minimum Gasteiger partial charge on any atom is -0.393 e.